The van der Waals surface area contributed by atoms with Crippen molar-refractivity contribution in [2.75, 3.05) is 14.2 Å². The quantitative estimate of drug-likeness (QED) is 0.859. The van der Waals surface area contributed by atoms with Gasteiger partial charge in [0.15, 0.2) is 11.5 Å². The topological polar surface area (TPSA) is 51.3 Å². The van der Waals surface area contributed by atoms with Gasteiger partial charge in [-0.1, -0.05) is 0 Å². The van der Waals surface area contributed by atoms with Crippen molar-refractivity contribution in [1.29, 1.82) is 0 Å². The highest BCUT2D eigenvalue weighted by molar-refractivity contribution is 6.09. The number of aromatic nitrogens is 1. The van der Waals surface area contributed by atoms with Gasteiger partial charge in [0.1, 0.15) is 0 Å². The maximum atomic E-state index is 12.4. The van der Waals surface area contributed by atoms with Gasteiger partial charge in [0.05, 0.1) is 19.9 Å². The molecule has 0 fully saturated rings. The highest BCUT2D eigenvalue weighted by Crippen LogP contribution is 2.28. The standard InChI is InChI=1S/C15H17NO3/c1-9-8-16-14(10(9)2)15(17)11-5-6-12(18-3)13(7-11)19-4/h5-8,16H,1-4H3. The number of ketones is 1. The lowest BCUT2D eigenvalue weighted by atomic mass is 10.0. The Morgan fingerprint density at radius 2 is 1.79 bits per heavy atom. The van der Waals surface area contributed by atoms with E-state index in [0.29, 0.717) is 22.8 Å². The van der Waals surface area contributed by atoms with E-state index in [4.69, 9.17) is 9.47 Å². The second-order valence-corrected chi connectivity index (χ2v) is 4.37. The molecule has 1 heterocycles. The monoisotopic (exact) mass is 259 g/mol. The lowest BCUT2D eigenvalue weighted by molar-refractivity contribution is 0.103. The van der Waals surface area contributed by atoms with Crippen LogP contribution in [0.4, 0.5) is 0 Å². The molecule has 0 amide bonds. The largest absolute Gasteiger partial charge is 0.493 e. The summed E-state index contributed by atoms with van der Waals surface area (Å²) in [5.41, 5.74) is 3.23. The molecule has 0 saturated heterocycles. The number of hydrogen-bond acceptors (Lipinski definition) is 3. The fourth-order valence-electron chi connectivity index (χ4n) is 1.95. The average Bonchev–Trinajstić information content (AvgIpc) is 2.77. The number of carbonyl (C=O) groups excluding carboxylic acids is 1. The summed E-state index contributed by atoms with van der Waals surface area (Å²) in [5.74, 6) is 1.11. The van der Waals surface area contributed by atoms with Crippen LogP contribution in [0.25, 0.3) is 0 Å². The third kappa shape index (κ3) is 2.34. The Kier molecular flexibility index (Phi) is 3.60. The van der Waals surface area contributed by atoms with Crippen molar-refractivity contribution < 1.29 is 14.3 Å². The Bertz CT molecular complexity index is 614. The lowest BCUT2D eigenvalue weighted by Gasteiger charge is -2.09. The van der Waals surface area contributed by atoms with Gasteiger partial charge in [-0.05, 0) is 43.2 Å². The Balaban J connectivity index is 2.42. The molecule has 0 saturated carbocycles. The molecule has 0 aliphatic rings. The van der Waals surface area contributed by atoms with Crippen LogP contribution in [0.2, 0.25) is 0 Å². The number of nitrogens with one attached hydrogen (secondary N) is 1. The van der Waals surface area contributed by atoms with Crippen LogP contribution < -0.4 is 9.47 Å². The molecule has 4 heteroatoms. The molecule has 1 aromatic heterocycles. The summed E-state index contributed by atoms with van der Waals surface area (Å²) in [5, 5.41) is 0. The SMILES string of the molecule is COc1ccc(C(=O)c2[nH]cc(C)c2C)cc1OC. The Hall–Kier alpha value is -2.23. The molecular formula is C15H17NO3. The van der Waals surface area contributed by atoms with Crippen LogP contribution in [0.5, 0.6) is 11.5 Å². The molecule has 2 rings (SSSR count). The number of rotatable bonds is 4. The molecule has 2 aromatic rings. The minimum Gasteiger partial charge on any atom is -0.493 e. The molecule has 100 valence electrons. The van der Waals surface area contributed by atoms with Gasteiger partial charge in [-0.25, -0.2) is 0 Å². The molecule has 0 aliphatic carbocycles. The van der Waals surface area contributed by atoms with Crippen LogP contribution in [-0.4, -0.2) is 25.0 Å². The third-order valence-corrected chi connectivity index (χ3v) is 3.27. The van der Waals surface area contributed by atoms with E-state index in [1.54, 1.807) is 32.4 Å². The number of ether oxygens (including phenoxy) is 2. The molecule has 0 atom stereocenters. The fraction of sp³-hybridized carbons (Fsp3) is 0.267. The Morgan fingerprint density at radius 3 is 2.32 bits per heavy atom. The van der Waals surface area contributed by atoms with Crippen LogP contribution in [0.1, 0.15) is 27.2 Å². The highest BCUT2D eigenvalue weighted by atomic mass is 16.5. The Labute approximate surface area is 112 Å². The van der Waals surface area contributed by atoms with Crippen molar-refractivity contribution >= 4 is 5.78 Å². The van der Waals surface area contributed by atoms with E-state index in [9.17, 15) is 4.79 Å². The number of hydrogen-bond donors (Lipinski definition) is 1. The second kappa shape index (κ2) is 5.18. The third-order valence-electron chi connectivity index (χ3n) is 3.27. The first-order chi connectivity index (χ1) is 9.08. The van der Waals surface area contributed by atoms with Gasteiger partial charge in [-0.3, -0.25) is 4.79 Å². The number of methoxy groups -OCH3 is 2. The predicted molar refractivity (Wildman–Crippen MR) is 73.2 cm³/mol. The van der Waals surface area contributed by atoms with Gasteiger partial charge in [-0.15, -0.1) is 0 Å². The first kappa shape index (κ1) is 13.2. The molecule has 0 aliphatic heterocycles. The summed E-state index contributed by atoms with van der Waals surface area (Å²) in [4.78, 5) is 15.4. The first-order valence-corrected chi connectivity index (χ1v) is 5.99. The van der Waals surface area contributed by atoms with E-state index in [2.05, 4.69) is 4.98 Å². The zero-order chi connectivity index (χ0) is 14.0. The zero-order valence-corrected chi connectivity index (χ0v) is 11.5. The number of aromatic amines is 1. The van der Waals surface area contributed by atoms with Crippen molar-refractivity contribution in [3.05, 3.63) is 46.8 Å². The maximum Gasteiger partial charge on any atom is 0.209 e. The molecule has 19 heavy (non-hydrogen) atoms. The predicted octanol–water partition coefficient (Wildman–Crippen LogP) is 2.88. The van der Waals surface area contributed by atoms with E-state index >= 15 is 0 Å². The maximum absolute atomic E-state index is 12.4. The summed E-state index contributed by atoms with van der Waals surface area (Å²) < 4.78 is 10.4. The summed E-state index contributed by atoms with van der Waals surface area (Å²) in [6.45, 7) is 3.90. The molecule has 0 spiro atoms. The molecular weight excluding hydrogens is 242 g/mol. The van der Waals surface area contributed by atoms with E-state index in [-0.39, 0.29) is 5.78 Å². The van der Waals surface area contributed by atoms with Gasteiger partial charge in [-0.2, -0.15) is 0 Å². The zero-order valence-electron chi connectivity index (χ0n) is 11.5. The minimum atomic E-state index is -0.0495. The van der Waals surface area contributed by atoms with Crippen LogP contribution in [-0.2, 0) is 0 Å². The normalized spacial score (nSPS) is 10.3. The first-order valence-electron chi connectivity index (χ1n) is 5.99. The van der Waals surface area contributed by atoms with E-state index in [0.717, 1.165) is 11.1 Å². The molecule has 1 N–H and O–H groups in total. The van der Waals surface area contributed by atoms with Crippen molar-refractivity contribution in [2.45, 2.75) is 13.8 Å². The smallest absolute Gasteiger partial charge is 0.209 e. The van der Waals surface area contributed by atoms with Gasteiger partial charge in [0.25, 0.3) is 0 Å². The summed E-state index contributed by atoms with van der Waals surface area (Å²) in [7, 11) is 3.12. The van der Waals surface area contributed by atoms with E-state index < -0.39 is 0 Å². The van der Waals surface area contributed by atoms with Crippen molar-refractivity contribution in [2.24, 2.45) is 0 Å². The van der Waals surface area contributed by atoms with Crippen LogP contribution in [0.3, 0.4) is 0 Å². The van der Waals surface area contributed by atoms with Gasteiger partial charge in [0, 0.05) is 11.8 Å². The minimum absolute atomic E-state index is 0.0495. The van der Waals surface area contributed by atoms with Crippen molar-refractivity contribution in [1.82, 2.24) is 4.98 Å². The Morgan fingerprint density at radius 1 is 1.11 bits per heavy atom. The van der Waals surface area contributed by atoms with Gasteiger partial charge < -0.3 is 14.5 Å². The number of aryl methyl sites for hydroxylation is 1. The summed E-state index contributed by atoms with van der Waals surface area (Å²) >= 11 is 0. The van der Waals surface area contributed by atoms with Crippen LogP contribution in [0, 0.1) is 13.8 Å². The van der Waals surface area contributed by atoms with Gasteiger partial charge >= 0.3 is 0 Å². The fourth-order valence-corrected chi connectivity index (χ4v) is 1.95. The molecule has 0 bridgehead atoms. The summed E-state index contributed by atoms with van der Waals surface area (Å²) in [6, 6.07) is 5.16. The molecule has 4 nitrogen and oxygen atoms in total. The van der Waals surface area contributed by atoms with Crippen molar-refractivity contribution in [3.63, 3.8) is 0 Å². The molecule has 0 unspecified atom stereocenters. The average molecular weight is 259 g/mol. The van der Waals surface area contributed by atoms with E-state index in [1.807, 2.05) is 20.0 Å². The summed E-state index contributed by atoms with van der Waals surface area (Å²) in [6.07, 6.45) is 1.84. The lowest BCUT2D eigenvalue weighted by Crippen LogP contribution is -2.04. The second-order valence-electron chi connectivity index (χ2n) is 4.37. The van der Waals surface area contributed by atoms with Gasteiger partial charge in [0.2, 0.25) is 5.78 Å². The highest BCUT2D eigenvalue weighted by Gasteiger charge is 2.16. The van der Waals surface area contributed by atoms with E-state index in [1.165, 1.54) is 0 Å². The van der Waals surface area contributed by atoms with Crippen molar-refractivity contribution in [3.8, 4) is 11.5 Å². The van der Waals surface area contributed by atoms with Crippen LogP contribution in [0.15, 0.2) is 24.4 Å². The number of benzene rings is 1. The molecule has 1 aromatic carbocycles. The number of H-pyrrole nitrogens is 1. The number of carbonyl (C=O) groups is 1. The molecule has 0 radical (unpaired) electrons. The van der Waals surface area contributed by atoms with Crippen LogP contribution >= 0.6 is 0 Å².